The zero-order valence-electron chi connectivity index (χ0n) is 10.4. The van der Waals surface area contributed by atoms with Gasteiger partial charge in [0.15, 0.2) is 0 Å². The molecule has 0 aromatic carbocycles. The lowest BCUT2D eigenvalue weighted by Gasteiger charge is -2.37. The Morgan fingerprint density at radius 3 is 1.93 bits per heavy atom. The molecular formula is C13H23N. The van der Waals surface area contributed by atoms with Crippen LogP contribution in [-0.4, -0.2) is 17.0 Å². The van der Waals surface area contributed by atoms with Crippen LogP contribution in [-0.2, 0) is 0 Å². The first-order valence-corrected chi connectivity index (χ1v) is 5.37. The summed E-state index contributed by atoms with van der Waals surface area (Å²) in [6, 6.07) is 0. The zero-order chi connectivity index (χ0) is 11.0. The third kappa shape index (κ3) is 2.63. The molecule has 0 amide bonds. The van der Waals surface area contributed by atoms with Crippen LogP contribution in [0.3, 0.4) is 0 Å². The van der Waals surface area contributed by atoms with Crippen molar-refractivity contribution in [2.24, 2.45) is 5.41 Å². The molecule has 14 heavy (non-hydrogen) atoms. The molecule has 1 aliphatic rings. The first-order valence-electron chi connectivity index (χ1n) is 5.37. The summed E-state index contributed by atoms with van der Waals surface area (Å²) >= 11 is 0. The molecule has 0 aromatic rings. The van der Waals surface area contributed by atoms with Crippen molar-refractivity contribution in [1.29, 1.82) is 0 Å². The van der Waals surface area contributed by atoms with Crippen molar-refractivity contribution >= 4 is 0 Å². The molecule has 80 valence electrons. The van der Waals surface area contributed by atoms with Crippen LogP contribution in [0.4, 0.5) is 0 Å². The Kier molecular flexibility index (Phi) is 2.80. The van der Waals surface area contributed by atoms with Gasteiger partial charge in [0.2, 0.25) is 0 Å². The van der Waals surface area contributed by atoms with Gasteiger partial charge in [0, 0.05) is 18.3 Å². The van der Waals surface area contributed by atoms with Crippen molar-refractivity contribution in [3.05, 3.63) is 23.9 Å². The Labute approximate surface area is 88.5 Å². The van der Waals surface area contributed by atoms with Gasteiger partial charge in [-0.05, 0) is 37.8 Å². The van der Waals surface area contributed by atoms with Crippen LogP contribution in [0.25, 0.3) is 0 Å². The van der Waals surface area contributed by atoms with E-state index in [4.69, 9.17) is 0 Å². The summed E-state index contributed by atoms with van der Waals surface area (Å²) in [6.07, 6.45) is 6.81. The largest absolute Gasteiger partial charge is 0.369 e. The highest BCUT2D eigenvalue weighted by Gasteiger charge is 2.22. The van der Waals surface area contributed by atoms with E-state index in [0.717, 1.165) is 6.54 Å². The van der Waals surface area contributed by atoms with Gasteiger partial charge in [-0.1, -0.05) is 26.8 Å². The molecule has 0 radical (unpaired) electrons. The molecule has 0 spiro atoms. The monoisotopic (exact) mass is 193 g/mol. The minimum Gasteiger partial charge on any atom is -0.369 e. The number of hydrogen-bond donors (Lipinski definition) is 0. The summed E-state index contributed by atoms with van der Waals surface area (Å²) in [7, 11) is 0. The highest BCUT2D eigenvalue weighted by molar-refractivity contribution is 5.28. The highest BCUT2D eigenvalue weighted by atomic mass is 15.2. The minimum atomic E-state index is 0.233. The molecule has 0 fully saturated rings. The van der Waals surface area contributed by atoms with E-state index in [1.165, 1.54) is 5.57 Å². The van der Waals surface area contributed by atoms with Gasteiger partial charge in [-0.2, -0.15) is 0 Å². The molecule has 0 unspecified atom stereocenters. The Morgan fingerprint density at radius 1 is 1.07 bits per heavy atom. The topological polar surface area (TPSA) is 3.24 Å². The van der Waals surface area contributed by atoms with Gasteiger partial charge in [-0.25, -0.2) is 0 Å². The van der Waals surface area contributed by atoms with Gasteiger partial charge in [-0.15, -0.1) is 0 Å². The molecule has 0 bridgehead atoms. The van der Waals surface area contributed by atoms with Crippen LogP contribution >= 0.6 is 0 Å². The average molecular weight is 193 g/mol. The predicted molar refractivity (Wildman–Crippen MR) is 63.1 cm³/mol. The van der Waals surface area contributed by atoms with Gasteiger partial charge >= 0.3 is 0 Å². The molecule has 0 atom stereocenters. The van der Waals surface area contributed by atoms with Gasteiger partial charge in [0.1, 0.15) is 0 Å². The third-order valence-electron chi connectivity index (χ3n) is 2.67. The van der Waals surface area contributed by atoms with Crippen LogP contribution in [0, 0.1) is 5.41 Å². The fourth-order valence-electron chi connectivity index (χ4n) is 1.55. The van der Waals surface area contributed by atoms with E-state index in [1.54, 1.807) is 0 Å². The summed E-state index contributed by atoms with van der Waals surface area (Å²) in [6.45, 7) is 14.5. The van der Waals surface area contributed by atoms with E-state index in [1.807, 2.05) is 0 Å². The quantitative estimate of drug-likeness (QED) is 0.568. The zero-order valence-corrected chi connectivity index (χ0v) is 10.4. The molecule has 0 aromatic heterocycles. The van der Waals surface area contributed by atoms with Crippen LogP contribution in [0.2, 0.25) is 0 Å². The van der Waals surface area contributed by atoms with Gasteiger partial charge in [0.05, 0.1) is 0 Å². The minimum absolute atomic E-state index is 0.233. The molecule has 0 saturated heterocycles. The molecule has 0 saturated carbocycles. The Morgan fingerprint density at radius 2 is 1.64 bits per heavy atom. The first kappa shape index (κ1) is 11.4. The smallest absolute Gasteiger partial charge is 0.0365 e. The van der Waals surface area contributed by atoms with E-state index in [9.17, 15) is 0 Å². The van der Waals surface area contributed by atoms with Crippen molar-refractivity contribution in [2.75, 3.05) is 6.54 Å². The average Bonchev–Trinajstić information content (AvgIpc) is 2.01. The second-order valence-corrected chi connectivity index (χ2v) is 6.05. The molecule has 1 rings (SSSR count). The predicted octanol–water partition coefficient (Wildman–Crippen LogP) is 3.59. The fraction of sp³-hybridized carbons (Fsp3) is 0.692. The van der Waals surface area contributed by atoms with E-state index >= 15 is 0 Å². The SMILES string of the molecule is CC(C)(C)C1=CCN(C(C)(C)C)C=C1. The van der Waals surface area contributed by atoms with Gasteiger partial charge < -0.3 is 4.90 Å². The van der Waals surface area contributed by atoms with E-state index in [2.05, 4.69) is 64.8 Å². The number of allylic oxidation sites excluding steroid dienone is 2. The van der Waals surface area contributed by atoms with Crippen molar-refractivity contribution in [3.8, 4) is 0 Å². The number of nitrogens with zero attached hydrogens (tertiary/aromatic N) is 1. The van der Waals surface area contributed by atoms with Gasteiger partial charge in [0.25, 0.3) is 0 Å². The number of rotatable bonds is 0. The lowest BCUT2D eigenvalue weighted by molar-refractivity contribution is 0.222. The second kappa shape index (κ2) is 3.45. The summed E-state index contributed by atoms with van der Waals surface area (Å²) in [5, 5.41) is 0. The molecule has 1 heterocycles. The summed E-state index contributed by atoms with van der Waals surface area (Å²) in [5.41, 5.74) is 1.95. The normalized spacial score (nSPS) is 18.4. The maximum absolute atomic E-state index is 2.36. The maximum Gasteiger partial charge on any atom is 0.0365 e. The molecule has 0 aliphatic carbocycles. The summed E-state index contributed by atoms with van der Waals surface area (Å²) < 4.78 is 0. The lowest BCUT2D eigenvalue weighted by Crippen LogP contribution is -2.38. The summed E-state index contributed by atoms with van der Waals surface area (Å²) in [5.74, 6) is 0. The van der Waals surface area contributed by atoms with Crippen molar-refractivity contribution in [1.82, 2.24) is 4.90 Å². The maximum atomic E-state index is 2.36. The fourth-order valence-corrected chi connectivity index (χ4v) is 1.55. The Balaban J connectivity index is 2.72. The summed E-state index contributed by atoms with van der Waals surface area (Å²) in [4.78, 5) is 2.36. The molecule has 1 heteroatoms. The second-order valence-electron chi connectivity index (χ2n) is 6.05. The number of hydrogen-bond acceptors (Lipinski definition) is 1. The van der Waals surface area contributed by atoms with Crippen LogP contribution in [0.1, 0.15) is 41.5 Å². The van der Waals surface area contributed by atoms with Crippen LogP contribution in [0.15, 0.2) is 23.9 Å². The molecule has 1 aliphatic heterocycles. The third-order valence-corrected chi connectivity index (χ3v) is 2.67. The van der Waals surface area contributed by atoms with E-state index in [0.29, 0.717) is 0 Å². The van der Waals surface area contributed by atoms with Crippen LogP contribution in [0.5, 0.6) is 0 Å². The van der Waals surface area contributed by atoms with E-state index < -0.39 is 0 Å². The molecular weight excluding hydrogens is 170 g/mol. The first-order chi connectivity index (χ1) is 6.21. The Bertz CT molecular complexity index is 258. The van der Waals surface area contributed by atoms with Crippen molar-refractivity contribution in [2.45, 2.75) is 47.1 Å². The lowest BCUT2D eigenvalue weighted by atomic mass is 9.85. The standard InChI is InChI=1S/C13H23N/c1-12(2,3)11-7-9-14(10-8-11)13(4,5)6/h7-9H,10H2,1-6H3. The van der Waals surface area contributed by atoms with Crippen LogP contribution < -0.4 is 0 Å². The highest BCUT2D eigenvalue weighted by Crippen LogP contribution is 2.29. The molecule has 0 N–H and O–H groups in total. The Hall–Kier alpha value is -0.720. The molecule has 1 nitrogen and oxygen atoms in total. The van der Waals surface area contributed by atoms with Crippen molar-refractivity contribution in [3.63, 3.8) is 0 Å². The van der Waals surface area contributed by atoms with Gasteiger partial charge in [-0.3, -0.25) is 0 Å². The van der Waals surface area contributed by atoms with Crippen molar-refractivity contribution < 1.29 is 0 Å². The van der Waals surface area contributed by atoms with E-state index in [-0.39, 0.29) is 11.0 Å².